The summed E-state index contributed by atoms with van der Waals surface area (Å²) >= 11 is 0. The van der Waals surface area contributed by atoms with Crippen LogP contribution in [-0.2, 0) is 38.8 Å². The van der Waals surface area contributed by atoms with Gasteiger partial charge in [-0.25, -0.2) is 9.59 Å². The maximum atomic E-state index is 11.6. The number of esters is 4. The first-order valence-electron chi connectivity index (χ1n) is 6.13. The Hall–Kier alpha value is -1.97. The molecule has 0 aliphatic carbocycles. The second kappa shape index (κ2) is 9.36. The first kappa shape index (κ1) is 22.0. The molecule has 0 radical (unpaired) electrons. The van der Waals surface area contributed by atoms with Crippen LogP contribution in [0.5, 0.6) is 0 Å². The van der Waals surface area contributed by atoms with Crippen LogP contribution in [0.4, 0.5) is 0 Å². The van der Waals surface area contributed by atoms with Crippen molar-refractivity contribution in [2.75, 3.05) is 13.2 Å². The molecule has 1 unspecified atom stereocenters. The lowest BCUT2D eigenvalue weighted by Gasteiger charge is -2.13. The maximum absolute atomic E-state index is 11.6. The van der Waals surface area contributed by atoms with Gasteiger partial charge in [0.25, 0.3) is 10.1 Å². The number of aliphatic hydroxyl groups is 2. The fourth-order valence-corrected chi connectivity index (χ4v) is 1.72. The van der Waals surface area contributed by atoms with Crippen molar-refractivity contribution in [3.63, 3.8) is 0 Å². The van der Waals surface area contributed by atoms with Crippen molar-refractivity contribution in [1.82, 2.24) is 0 Å². The summed E-state index contributed by atoms with van der Waals surface area (Å²) in [6, 6.07) is -3.25. The minimum Gasteiger partial charge on any atom is -0.394 e. The zero-order valence-electron chi connectivity index (χ0n) is 12.0. The molecule has 0 fully saturated rings. The normalized spacial score (nSPS) is 15.0. The third kappa shape index (κ3) is 7.07. The topological polar surface area (TPSA) is 234 Å². The van der Waals surface area contributed by atoms with E-state index in [2.05, 4.69) is 9.47 Å². The number of aliphatic hydroxyl groups excluding tert-OH is 2. The van der Waals surface area contributed by atoms with Crippen molar-refractivity contribution in [1.29, 1.82) is 0 Å². The number of hydrogen-bond acceptors (Lipinski definition) is 12. The van der Waals surface area contributed by atoms with Gasteiger partial charge in [-0.1, -0.05) is 0 Å². The van der Waals surface area contributed by atoms with Gasteiger partial charge in [0.2, 0.25) is 0 Å². The average molecular weight is 372 g/mol. The van der Waals surface area contributed by atoms with Gasteiger partial charge in [-0.15, -0.1) is 0 Å². The van der Waals surface area contributed by atoms with Gasteiger partial charge in [0.1, 0.15) is 12.1 Å². The standard InChI is InChI=1S/C10H16N2O11S/c11-4(2-13)8(16)22-7(15)1-6(24(19,20)21)10(18)23-9(17)5(12)3-14/h4-6,13-14H,1-3,11-12H2,(H,19,20,21)/t4-,5-,6?/m0/s1. The Labute approximate surface area is 135 Å². The summed E-state index contributed by atoms with van der Waals surface area (Å²) in [5, 5.41) is 14.6. The average Bonchev–Trinajstić information content (AvgIpc) is 2.49. The van der Waals surface area contributed by atoms with E-state index in [1.165, 1.54) is 0 Å². The van der Waals surface area contributed by atoms with Crippen LogP contribution in [0.25, 0.3) is 0 Å². The summed E-state index contributed by atoms with van der Waals surface area (Å²) in [6.45, 7) is -1.79. The molecule has 24 heavy (non-hydrogen) atoms. The highest BCUT2D eigenvalue weighted by atomic mass is 32.2. The van der Waals surface area contributed by atoms with Gasteiger partial charge in [-0.3, -0.25) is 14.1 Å². The molecular weight excluding hydrogens is 356 g/mol. The summed E-state index contributed by atoms with van der Waals surface area (Å²) in [4.78, 5) is 45.3. The van der Waals surface area contributed by atoms with Crippen LogP contribution in [0.2, 0.25) is 0 Å². The van der Waals surface area contributed by atoms with Crippen molar-refractivity contribution < 1.29 is 51.8 Å². The summed E-state index contributed by atoms with van der Waals surface area (Å²) in [7, 11) is -5.22. The number of carbonyl (C=O) groups is 4. The third-order valence-corrected chi connectivity index (χ3v) is 3.47. The van der Waals surface area contributed by atoms with Crippen molar-refractivity contribution in [3.05, 3.63) is 0 Å². The Morgan fingerprint density at radius 3 is 1.67 bits per heavy atom. The fraction of sp³-hybridized carbons (Fsp3) is 0.600. The summed E-state index contributed by atoms with van der Waals surface area (Å²) < 4.78 is 39.2. The molecule has 13 nitrogen and oxygen atoms in total. The molecular formula is C10H16N2O11S. The lowest BCUT2D eigenvalue weighted by molar-refractivity contribution is -0.166. The monoisotopic (exact) mass is 372 g/mol. The second-order valence-electron chi connectivity index (χ2n) is 4.32. The Morgan fingerprint density at radius 1 is 0.875 bits per heavy atom. The number of carbonyl (C=O) groups excluding carboxylic acids is 4. The SMILES string of the molecule is N[C@@H](CO)C(=O)OC(=O)CC(C(=O)OC(=O)[C@@H](N)CO)S(=O)(=O)O. The molecule has 138 valence electrons. The Kier molecular flexibility index (Phi) is 8.59. The van der Waals surface area contributed by atoms with Crippen molar-refractivity contribution in [2.24, 2.45) is 11.5 Å². The highest BCUT2D eigenvalue weighted by Gasteiger charge is 2.38. The first-order chi connectivity index (χ1) is 10.9. The van der Waals surface area contributed by atoms with Crippen LogP contribution in [0.15, 0.2) is 0 Å². The summed E-state index contributed by atoms with van der Waals surface area (Å²) in [5.41, 5.74) is 10.1. The minimum absolute atomic E-state index is 0.872. The molecule has 0 aliphatic heterocycles. The van der Waals surface area contributed by atoms with Gasteiger partial charge >= 0.3 is 23.9 Å². The molecule has 0 spiro atoms. The molecule has 0 bridgehead atoms. The lowest BCUT2D eigenvalue weighted by atomic mass is 10.3. The molecule has 0 rings (SSSR count). The van der Waals surface area contributed by atoms with Crippen molar-refractivity contribution >= 4 is 34.0 Å². The van der Waals surface area contributed by atoms with E-state index >= 15 is 0 Å². The zero-order valence-corrected chi connectivity index (χ0v) is 12.8. The van der Waals surface area contributed by atoms with Crippen LogP contribution >= 0.6 is 0 Å². The van der Waals surface area contributed by atoms with Gasteiger partial charge in [-0.2, -0.15) is 8.42 Å². The number of nitrogens with two attached hydrogens (primary N) is 2. The van der Waals surface area contributed by atoms with Gasteiger partial charge in [0.15, 0.2) is 5.25 Å². The second-order valence-corrected chi connectivity index (χ2v) is 5.92. The number of rotatable bonds is 8. The predicted octanol–water partition coefficient (Wildman–Crippen LogP) is -4.59. The molecule has 0 amide bonds. The quantitative estimate of drug-likeness (QED) is 0.153. The summed E-state index contributed by atoms with van der Waals surface area (Å²) in [6.07, 6.45) is -1.39. The Balaban J connectivity index is 5.04. The molecule has 7 N–H and O–H groups in total. The van der Waals surface area contributed by atoms with E-state index in [1.54, 1.807) is 0 Å². The molecule has 0 saturated heterocycles. The molecule has 0 aliphatic rings. The maximum Gasteiger partial charge on any atom is 0.335 e. The highest BCUT2D eigenvalue weighted by molar-refractivity contribution is 7.87. The predicted molar refractivity (Wildman–Crippen MR) is 72.3 cm³/mol. The van der Waals surface area contributed by atoms with Crippen molar-refractivity contribution in [2.45, 2.75) is 23.8 Å². The molecule has 14 heteroatoms. The molecule has 3 atom stereocenters. The van der Waals surface area contributed by atoms with E-state index in [0.717, 1.165) is 0 Å². The fourth-order valence-electron chi connectivity index (χ4n) is 1.08. The number of ether oxygens (including phenoxy) is 2. The smallest absolute Gasteiger partial charge is 0.335 e. The van der Waals surface area contributed by atoms with Crippen LogP contribution < -0.4 is 11.5 Å². The molecule has 0 aromatic rings. The van der Waals surface area contributed by atoms with E-state index in [0.29, 0.717) is 0 Å². The molecule has 0 aromatic carbocycles. The Morgan fingerprint density at radius 2 is 1.29 bits per heavy atom. The molecule has 0 heterocycles. The van der Waals surface area contributed by atoms with Crippen LogP contribution in [-0.4, -0.2) is 77.6 Å². The zero-order chi connectivity index (χ0) is 19.1. The minimum atomic E-state index is -5.22. The van der Waals surface area contributed by atoms with E-state index < -0.39 is 71.0 Å². The lowest BCUT2D eigenvalue weighted by Crippen LogP contribution is -2.42. The van der Waals surface area contributed by atoms with E-state index in [-0.39, 0.29) is 0 Å². The highest BCUT2D eigenvalue weighted by Crippen LogP contribution is 2.09. The van der Waals surface area contributed by atoms with Crippen molar-refractivity contribution in [3.8, 4) is 0 Å². The van der Waals surface area contributed by atoms with E-state index in [9.17, 15) is 27.6 Å². The number of hydrogen-bond donors (Lipinski definition) is 5. The Bertz CT molecular complexity index is 602. The van der Waals surface area contributed by atoms with Gasteiger partial charge < -0.3 is 31.2 Å². The largest absolute Gasteiger partial charge is 0.394 e. The molecule has 0 saturated carbocycles. The third-order valence-electron chi connectivity index (χ3n) is 2.39. The van der Waals surface area contributed by atoms with Crippen LogP contribution in [0, 0.1) is 0 Å². The van der Waals surface area contributed by atoms with E-state index in [4.69, 9.17) is 26.2 Å². The van der Waals surface area contributed by atoms with E-state index in [1.807, 2.05) is 0 Å². The van der Waals surface area contributed by atoms with Crippen LogP contribution in [0.1, 0.15) is 6.42 Å². The van der Waals surface area contributed by atoms with Gasteiger partial charge in [0.05, 0.1) is 19.6 Å². The molecule has 0 aromatic heterocycles. The first-order valence-corrected chi connectivity index (χ1v) is 7.63. The van der Waals surface area contributed by atoms with Gasteiger partial charge in [-0.05, 0) is 0 Å². The van der Waals surface area contributed by atoms with Gasteiger partial charge in [0, 0.05) is 0 Å². The van der Waals surface area contributed by atoms with Crippen LogP contribution in [0.3, 0.4) is 0 Å². The summed E-state index contributed by atoms with van der Waals surface area (Å²) in [5.74, 6) is -6.39.